The summed E-state index contributed by atoms with van der Waals surface area (Å²) in [5, 5.41) is 0. The van der Waals surface area contributed by atoms with Gasteiger partial charge in [0.25, 0.3) is 0 Å². The molecule has 8 rings (SSSR count). The average Bonchev–Trinajstić information content (AvgIpc) is 3.26. The van der Waals surface area contributed by atoms with Gasteiger partial charge in [-0.25, -0.2) is 37.3 Å². The quantitative estimate of drug-likeness (QED) is 0.125. The van der Waals surface area contributed by atoms with E-state index in [1.807, 2.05) is 121 Å². The Balaban J connectivity index is 0.000000206. The lowest BCUT2D eigenvalue weighted by Crippen LogP contribution is -2.68. The maximum Gasteiger partial charge on any atom is 0.338 e. The molecular formula is C42H48Cl2N10O12. The number of likely N-dealkylation sites (N-methyl/N-ethyl adjacent to an activating group) is 4. The van der Waals surface area contributed by atoms with Crippen molar-refractivity contribution in [3.8, 4) is 47.0 Å². The molecule has 2 aliphatic heterocycles. The van der Waals surface area contributed by atoms with E-state index in [1.54, 1.807) is 0 Å². The molecule has 2 aromatic heterocycles. The number of hydrogen-bond acceptors (Lipinski definition) is 20. The normalized spacial score (nSPS) is 15.8. The predicted molar refractivity (Wildman–Crippen MR) is 216 cm³/mol. The van der Waals surface area contributed by atoms with E-state index in [0.29, 0.717) is 43.9 Å². The zero-order valence-electron chi connectivity index (χ0n) is 36.3. The van der Waals surface area contributed by atoms with Crippen LogP contribution in [0.15, 0.2) is 121 Å². The number of piperazine rings is 2. The van der Waals surface area contributed by atoms with Gasteiger partial charge in [0.1, 0.15) is 23.0 Å². The molecule has 4 heterocycles. The molecule has 0 atom stereocenters. The lowest BCUT2D eigenvalue weighted by Gasteiger charge is -2.38. The smallest absolute Gasteiger partial charge is 0.338 e. The van der Waals surface area contributed by atoms with Gasteiger partial charge in [-0.15, -0.1) is 50.4 Å². The van der Waals surface area contributed by atoms with Gasteiger partial charge < -0.3 is 18.9 Å². The van der Waals surface area contributed by atoms with E-state index < -0.39 is 20.5 Å². The maximum atomic E-state index is 8.49. The van der Waals surface area contributed by atoms with Crippen LogP contribution in [0.5, 0.6) is 47.0 Å². The van der Waals surface area contributed by atoms with Gasteiger partial charge in [-0.05, 0) is 62.6 Å². The van der Waals surface area contributed by atoms with Crippen molar-refractivity contribution in [1.82, 2.24) is 48.7 Å². The minimum Gasteiger partial charge on any atom is -0.424 e. The molecule has 0 radical (unpaired) electrons. The van der Waals surface area contributed by atoms with Crippen molar-refractivity contribution in [2.24, 2.45) is 0 Å². The third-order valence-corrected chi connectivity index (χ3v) is 9.84. The van der Waals surface area contributed by atoms with Gasteiger partial charge in [0.15, 0.2) is 0 Å². The van der Waals surface area contributed by atoms with Gasteiger partial charge in [-0.3, -0.25) is 18.8 Å². The Kier molecular flexibility index (Phi) is 18.3. The van der Waals surface area contributed by atoms with Gasteiger partial charge in [0.2, 0.25) is 0 Å². The summed E-state index contributed by atoms with van der Waals surface area (Å²) >= 11 is 0. The van der Waals surface area contributed by atoms with Crippen LogP contribution in [0.4, 0.5) is 11.9 Å². The number of ether oxygens (including phenoxy) is 4. The van der Waals surface area contributed by atoms with E-state index in [1.165, 1.54) is 0 Å². The second-order valence-corrected chi connectivity index (χ2v) is 16.6. The number of para-hydroxylation sites is 4. The molecule has 352 valence electrons. The van der Waals surface area contributed by atoms with Crippen LogP contribution in [0.25, 0.3) is 0 Å². The number of nitrogens with zero attached hydrogens (tertiary/aromatic N) is 10. The van der Waals surface area contributed by atoms with E-state index in [2.05, 4.69) is 67.9 Å². The molecule has 0 aliphatic carbocycles. The monoisotopic (exact) mass is 954 g/mol. The number of halogens is 2. The predicted octanol–water partition coefficient (Wildman–Crippen LogP) is -2.83. The summed E-state index contributed by atoms with van der Waals surface area (Å²) < 4.78 is 92.7. The van der Waals surface area contributed by atoms with Crippen molar-refractivity contribution in [2.75, 3.05) is 80.5 Å². The van der Waals surface area contributed by atoms with Crippen molar-refractivity contribution >= 4 is 11.9 Å². The Bertz CT molecular complexity index is 2060. The van der Waals surface area contributed by atoms with Crippen LogP contribution < -0.4 is 65.2 Å². The van der Waals surface area contributed by atoms with E-state index in [-0.39, 0.29) is 24.0 Å². The van der Waals surface area contributed by atoms with Gasteiger partial charge in [0, 0.05) is 26.2 Å². The van der Waals surface area contributed by atoms with Crippen molar-refractivity contribution in [3.05, 3.63) is 121 Å². The van der Waals surface area contributed by atoms with Crippen LogP contribution >= 0.6 is 0 Å². The van der Waals surface area contributed by atoms with E-state index in [9.17, 15) is 0 Å². The lowest BCUT2D eigenvalue weighted by atomic mass is 10.3. The Hall–Kier alpha value is -5.80. The van der Waals surface area contributed by atoms with E-state index in [4.69, 9.17) is 56.2 Å². The van der Waals surface area contributed by atoms with Gasteiger partial charge in [0.05, 0.1) is 40.3 Å². The first-order valence-corrected chi connectivity index (χ1v) is 22.4. The Morgan fingerprint density at radius 1 is 0.379 bits per heavy atom. The molecular weight excluding hydrogens is 907 g/mol. The average molecular weight is 956 g/mol. The van der Waals surface area contributed by atoms with Gasteiger partial charge in [-0.1, -0.05) is 72.8 Å². The molecule has 0 bridgehead atoms. The van der Waals surface area contributed by atoms with Crippen molar-refractivity contribution in [1.29, 1.82) is 0 Å². The summed E-state index contributed by atoms with van der Waals surface area (Å²) in [6.45, 7) is 7.56. The minimum atomic E-state index is -4.94. The van der Waals surface area contributed by atoms with Crippen molar-refractivity contribution in [2.45, 2.75) is 0 Å². The topological polar surface area (TPSA) is 305 Å². The molecule has 6 aromatic rings. The Morgan fingerprint density at radius 3 is 0.773 bits per heavy atom. The number of quaternary nitrogens is 2. The Morgan fingerprint density at radius 2 is 0.576 bits per heavy atom. The zero-order chi connectivity index (χ0) is 47.8. The third-order valence-electron chi connectivity index (χ3n) is 9.84. The first-order chi connectivity index (χ1) is 31.2. The zero-order valence-corrected chi connectivity index (χ0v) is 37.8. The van der Waals surface area contributed by atoms with Crippen LogP contribution in [-0.2, 0) is 0 Å². The van der Waals surface area contributed by atoms with Gasteiger partial charge >= 0.3 is 35.9 Å². The molecule has 2 fully saturated rings. The summed E-state index contributed by atoms with van der Waals surface area (Å²) in [4.78, 5) is 31.9. The fourth-order valence-electron chi connectivity index (χ4n) is 6.11. The second kappa shape index (κ2) is 23.6. The molecule has 66 heavy (non-hydrogen) atoms. The molecule has 0 amide bonds. The molecule has 24 heteroatoms. The molecule has 2 aliphatic rings. The lowest BCUT2D eigenvalue weighted by molar-refractivity contribution is -2.00. The highest BCUT2D eigenvalue weighted by atomic mass is 35.7. The largest absolute Gasteiger partial charge is 0.424 e. The highest BCUT2D eigenvalue weighted by Crippen LogP contribution is 2.29. The van der Waals surface area contributed by atoms with Crippen LogP contribution in [0.3, 0.4) is 0 Å². The molecule has 0 saturated carbocycles. The summed E-state index contributed by atoms with van der Waals surface area (Å²) in [6, 6.07) is 38.9. The van der Waals surface area contributed by atoms with E-state index in [0.717, 1.165) is 52.4 Å². The summed E-state index contributed by atoms with van der Waals surface area (Å²) in [5.41, 5.74) is 0. The molecule has 0 unspecified atom stereocenters. The second-order valence-electron chi connectivity index (χ2n) is 15.1. The maximum absolute atomic E-state index is 8.49. The summed E-state index contributed by atoms with van der Waals surface area (Å²) in [6.07, 6.45) is 0. The molecule has 0 spiro atoms. The third kappa shape index (κ3) is 18.2. The number of aromatic nitrogens is 6. The molecule has 2 saturated heterocycles. The Labute approximate surface area is 385 Å². The first-order valence-electron chi connectivity index (χ1n) is 20.0. The van der Waals surface area contributed by atoms with Crippen molar-refractivity contribution in [3.63, 3.8) is 0 Å². The standard InChI is InChI=1S/2C21H24N5O2.2ClHO4/c2*1-25-13-15-26(2,16-14-25)19-22-20(27-17-9-5-3-6-10-17)24-21(23-19)28-18-11-7-4-8-12-18;2*2-1(3,4)5/h2*3-12H,13-16H2,1-2H3;2*(H,2,3,4,5)/q2*+1;;/p-2. The molecule has 0 N–H and O–H groups in total. The minimum absolute atomic E-state index is 0.236. The number of benzene rings is 4. The van der Waals surface area contributed by atoms with Crippen LogP contribution in [0, 0.1) is 20.5 Å². The van der Waals surface area contributed by atoms with Crippen LogP contribution in [0.2, 0.25) is 0 Å². The van der Waals surface area contributed by atoms with Gasteiger partial charge in [-0.2, -0.15) is 0 Å². The highest BCUT2D eigenvalue weighted by Gasteiger charge is 2.36. The van der Waals surface area contributed by atoms with Crippen LogP contribution in [-0.4, -0.2) is 120 Å². The highest BCUT2D eigenvalue weighted by molar-refractivity contribution is 5.35. The first kappa shape index (κ1) is 51.2. The van der Waals surface area contributed by atoms with E-state index >= 15 is 0 Å². The molecule has 4 aromatic carbocycles. The molecule has 22 nitrogen and oxygen atoms in total. The fraction of sp³-hybridized carbons (Fsp3) is 0.286. The summed E-state index contributed by atoms with van der Waals surface area (Å²) in [5.74, 6) is 4.00. The number of hydrogen-bond donors (Lipinski definition) is 0. The number of rotatable bonds is 10. The fourth-order valence-corrected chi connectivity index (χ4v) is 6.11. The SMILES string of the molecule is CN1CC[N+](C)(c2nc(Oc3ccccc3)nc(Oc3ccccc3)n2)CC1.CN1CC[N+](C)(c2nc(Oc3ccccc3)nc(Oc3ccccc3)n2)CC1.[O-][Cl+3]([O-])([O-])[O-].[O-][Cl+3]([O-])([O-])[O-]. The van der Waals surface area contributed by atoms with Crippen molar-refractivity contribution < 1.29 is 76.7 Å². The van der Waals surface area contributed by atoms with Crippen LogP contribution in [0.1, 0.15) is 0 Å². The summed E-state index contributed by atoms with van der Waals surface area (Å²) in [7, 11) is -1.35.